The predicted octanol–water partition coefficient (Wildman–Crippen LogP) is 4.27. The smallest absolute Gasteiger partial charge is 0.253 e. The highest BCUT2D eigenvalue weighted by Gasteiger charge is 2.54. The first-order valence-corrected chi connectivity index (χ1v) is 11.0. The Bertz CT molecular complexity index is 1090. The summed E-state index contributed by atoms with van der Waals surface area (Å²) < 4.78 is 7.62. The van der Waals surface area contributed by atoms with E-state index in [1.807, 2.05) is 56.3 Å². The topological polar surface area (TPSA) is 77.0 Å². The van der Waals surface area contributed by atoms with Crippen molar-refractivity contribution in [3.63, 3.8) is 0 Å². The molecule has 7 heteroatoms. The van der Waals surface area contributed by atoms with Gasteiger partial charge in [0, 0.05) is 47.3 Å². The third-order valence-corrected chi connectivity index (χ3v) is 6.57. The van der Waals surface area contributed by atoms with Crippen molar-refractivity contribution < 1.29 is 9.32 Å². The molecule has 1 spiro atoms. The number of aromatic nitrogens is 4. The molecule has 0 bridgehead atoms. The number of carbonyl (C=O) groups is 1. The van der Waals surface area contributed by atoms with E-state index in [0.29, 0.717) is 28.7 Å². The largest absolute Gasteiger partial charge is 0.338 e. The van der Waals surface area contributed by atoms with Gasteiger partial charge in [0.2, 0.25) is 11.7 Å². The highest BCUT2D eigenvalue weighted by molar-refractivity contribution is 5.95. The molecule has 5 rings (SSSR count). The van der Waals surface area contributed by atoms with Crippen LogP contribution in [0.2, 0.25) is 0 Å². The van der Waals surface area contributed by atoms with E-state index < -0.39 is 0 Å². The first kappa shape index (κ1) is 20.0. The maximum absolute atomic E-state index is 12.9. The molecule has 2 aliphatic rings. The van der Waals surface area contributed by atoms with Crippen LogP contribution in [0, 0.1) is 5.41 Å². The molecule has 0 radical (unpaired) electrons. The van der Waals surface area contributed by atoms with Gasteiger partial charge in [-0.05, 0) is 31.4 Å². The van der Waals surface area contributed by atoms with Gasteiger partial charge in [0.05, 0.1) is 12.0 Å². The highest BCUT2D eigenvalue weighted by atomic mass is 16.5. The van der Waals surface area contributed by atoms with Crippen molar-refractivity contribution in [3.8, 4) is 11.4 Å². The minimum atomic E-state index is -0.189. The first-order chi connectivity index (χ1) is 14.8. The van der Waals surface area contributed by atoms with Crippen molar-refractivity contribution in [2.75, 3.05) is 13.1 Å². The quantitative estimate of drug-likeness (QED) is 0.631. The van der Waals surface area contributed by atoms with E-state index in [1.54, 1.807) is 0 Å². The SMILES string of the molecule is CCc1cn(C2CC3(C2)CN(C(=O)c2ccc(-c4noc(C(C)(C)C)n4)cc2)C3)cn1. The third kappa shape index (κ3) is 3.56. The maximum atomic E-state index is 12.9. The van der Waals surface area contributed by atoms with E-state index in [0.717, 1.165) is 43.6 Å². The van der Waals surface area contributed by atoms with Crippen LogP contribution in [0.5, 0.6) is 0 Å². The Morgan fingerprint density at radius 1 is 1.19 bits per heavy atom. The average molecular weight is 420 g/mol. The summed E-state index contributed by atoms with van der Waals surface area (Å²) in [5.41, 5.74) is 2.81. The highest BCUT2D eigenvalue weighted by Crippen LogP contribution is 2.54. The number of imidazole rings is 1. The van der Waals surface area contributed by atoms with Crippen LogP contribution in [0.3, 0.4) is 0 Å². The Morgan fingerprint density at radius 2 is 1.90 bits per heavy atom. The normalized spacial score (nSPS) is 18.1. The van der Waals surface area contributed by atoms with Crippen molar-refractivity contribution in [1.29, 1.82) is 0 Å². The molecule has 31 heavy (non-hydrogen) atoms. The van der Waals surface area contributed by atoms with Crippen LogP contribution in [-0.4, -0.2) is 43.6 Å². The zero-order chi connectivity index (χ0) is 21.8. The molecule has 0 unspecified atom stereocenters. The third-order valence-electron chi connectivity index (χ3n) is 6.57. The van der Waals surface area contributed by atoms with Gasteiger partial charge in [0.1, 0.15) is 0 Å². The fourth-order valence-electron chi connectivity index (χ4n) is 4.67. The minimum absolute atomic E-state index is 0.0972. The van der Waals surface area contributed by atoms with Crippen LogP contribution >= 0.6 is 0 Å². The second-order valence-corrected chi connectivity index (χ2v) is 10.1. The molecular formula is C24H29N5O2. The van der Waals surface area contributed by atoms with Crippen LogP contribution in [0.1, 0.15) is 68.5 Å². The average Bonchev–Trinajstić information content (AvgIpc) is 3.35. The Labute approximate surface area is 182 Å². The van der Waals surface area contributed by atoms with Gasteiger partial charge in [0.15, 0.2) is 0 Å². The lowest BCUT2D eigenvalue weighted by atomic mass is 9.60. The number of hydrogen-bond acceptors (Lipinski definition) is 5. The summed E-state index contributed by atoms with van der Waals surface area (Å²) in [6.07, 6.45) is 7.34. The minimum Gasteiger partial charge on any atom is -0.338 e. The van der Waals surface area contributed by atoms with Crippen LogP contribution in [0.4, 0.5) is 0 Å². The Morgan fingerprint density at radius 3 is 2.48 bits per heavy atom. The van der Waals surface area contributed by atoms with Gasteiger partial charge in [-0.15, -0.1) is 0 Å². The second kappa shape index (κ2) is 7.04. The Balaban J connectivity index is 1.18. The predicted molar refractivity (Wildman–Crippen MR) is 117 cm³/mol. The molecule has 2 aromatic heterocycles. The zero-order valence-electron chi connectivity index (χ0n) is 18.6. The number of benzene rings is 1. The standard InChI is InChI=1S/C24H29N5O2/c1-5-18-12-28(15-25-18)19-10-24(11-19)13-29(14-24)21(30)17-8-6-16(7-9-17)20-26-22(31-27-20)23(2,3)4/h6-9,12,15,19H,5,10-11,13-14H2,1-4H3. The molecule has 1 amide bonds. The number of nitrogens with zero attached hydrogens (tertiary/aromatic N) is 5. The van der Waals surface area contributed by atoms with Gasteiger partial charge in [-0.3, -0.25) is 4.79 Å². The zero-order valence-corrected chi connectivity index (χ0v) is 18.6. The van der Waals surface area contributed by atoms with Crippen LogP contribution in [0.15, 0.2) is 41.3 Å². The van der Waals surface area contributed by atoms with E-state index in [4.69, 9.17) is 4.52 Å². The molecule has 1 aliphatic heterocycles. The van der Waals surface area contributed by atoms with Gasteiger partial charge < -0.3 is 14.0 Å². The Hall–Kier alpha value is -2.96. The van der Waals surface area contributed by atoms with Crippen molar-refractivity contribution in [1.82, 2.24) is 24.6 Å². The van der Waals surface area contributed by atoms with Crippen molar-refractivity contribution in [3.05, 3.63) is 53.9 Å². The van der Waals surface area contributed by atoms with Crippen LogP contribution in [0.25, 0.3) is 11.4 Å². The van der Waals surface area contributed by atoms with Crippen LogP contribution in [-0.2, 0) is 11.8 Å². The molecule has 0 atom stereocenters. The number of amides is 1. The molecule has 1 aromatic carbocycles. The number of carbonyl (C=O) groups excluding carboxylic acids is 1. The van der Waals surface area contributed by atoms with Gasteiger partial charge in [-0.1, -0.05) is 45.0 Å². The summed E-state index contributed by atoms with van der Waals surface area (Å²) >= 11 is 0. The maximum Gasteiger partial charge on any atom is 0.253 e. The van der Waals surface area contributed by atoms with Crippen molar-refractivity contribution in [2.24, 2.45) is 5.41 Å². The van der Waals surface area contributed by atoms with Crippen molar-refractivity contribution >= 4 is 5.91 Å². The molecular weight excluding hydrogens is 390 g/mol. The monoisotopic (exact) mass is 419 g/mol. The number of rotatable bonds is 4. The molecule has 1 saturated carbocycles. The number of hydrogen-bond donors (Lipinski definition) is 0. The summed E-state index contributed by atoms with van der Waals surface area (Å²) in [5.74, 6) is 1.26. The van der Waals surface area contributed by atoms with E-state index in [2.05, 4.69) is 32.8 Å². The van der Waals surface area contributed by atoms with Gasteiger partial charge in [-0.25, -0.2) is 4.98 Å². The van der Waals surface area contributed by atoms with Gasteiger partial charge >= 0.3 is 0 Å². The molecule has 2 fully saturated rings. The van der Waals surface area contributed by atoms with E-state index in [1.165, 1.54) is 0 Å². The summed E-state index contributed by atoms with van der Waals surface area (Å²) in [7, 11) is 0. The summed E-state index contributed by atoms with van der Waals surface area (Å²) in [6, 6.07) is 8.03. The van der Waals surface area contributed by atoms with E-state index in [9.17, 15) is 4.79 Å². The lowest BCUT2D eigenvalue weighted by molar-refractivity contribution is -0.0711. The molecule has 0 N–H and O–H groups in total. The summed E-state index contributed by atoms with van der Waals surface area (Å²) in [4.78, 5) is 23.8. The second-order valence-electron chi connectivity index (χ2n) is 10.1. The van der Waals surface area contributed by atoms with Gasteiger partial charge in [-0.2, -0.15) is 4.98 Å². The lowest BCUT2D eigenvalue weighted by Gasteiger charge is -2.59. The number of aryl methyl sites for hydroxylation is 1. The fourth-order valence-corrected chi connectivity index (χ4v) is 4.67. The number of likely N-dealkylation sites (tertiary alicyclic amines) is 1. The Kier molecular flexibility index (Phi) is 4.53. The summed E-state index contributed by atoms with van der Waals surface area (Å²) in [6.45, 7) is 9.93. The summed E-state index contributed by atoms with van der Waals surface area (Å²) in [5, 5.41) is 4.08. The van der Waals surface area contributed by atoms with E-state index >= 15 is 0 Å². The van der Waals surface area contributed by atoms with Gasteiger partial charge in [0.25, 0.3) is 5.91 Å². The first-order valence-electron chi connectivity index (χ1n) is 11.0. The molecule has 162 valence electrons. The fraction of sp³-hybridized carbons (Fsp3) is 0.500. The molecule has 1 saturated heterocycles. The lowest BCUT2D eigenvalue weighted by Crippen LogP contribution is -2.63. The van der Waals surface area contributed by atoms with E-state index in [-0.39, 0.29) is 11.3 Å². The van der Waals surface area contributed by atoms with Crippen LogP contribution < -0.4 is 0 Å². The molecule has 7 nitrogen and oxygen atoms in total. The molecule has 3 aromatic rings. The molecule has 1 aliphatic carbocycles. The van der Waals surface area contributed by atoms with Crippen molar-refractivity contribution in [2.45, 2.75) is 58.4 Å². The molecule has 3 heterocycles.